The van der Waals surface area contributed by atoms with Crippen LogP contribution in [-0.2, 0) is 4.43 Å². The van der Waals surface area contributed by atoms with E-state index < -0.39 is 32.0 Å². The summed E-state index contributed by atoms with van der Waals surface area (Å²) < 4.78 is 13.1. The summed E-state index contributed by atoms with van der Waals surface area (Å²) in [7, 11) is -2.36. The number of carbonyl (C=O) groups is 2. The third-order valence-electron chi connectivity index (χ3n) is 10.0. The Labute approximate surface area is 292 Å². The molecular weight excluding hydrogens is 658 g/mol. The number of carboxylic acid groups (broad SMARTS) is 1. The summed E-state index contributed by atoms with van der Waals surface area (Å²) in [6.07, 6.45) is 2.46. The van der Waals surface area contributed by atoms with Crippen LogP contribution in [0.15, 0.2) is 60.9 Å². The van der Waals surface area contributed by atoms with Gasteiger partial charge in [0.15, 0.2) is 14.1 Å². The lowest BCUT2D eigenvalue weighted by molar-refractivity contribution is -0.0377. The number of ketones is 1. The third kappa shape index (κ3) is 6.59. The normalized spacial score (nSPS) is 19.0. The fourth-order valence-corrected chi connectivity index (χ4v) is 8.14. The first-order chi connectivity index (χ1) is 23.0. The van der Waals surface area contributed by atoms with E-state index in [4.69, 9.17) is 25.7 Å². The maximum Gasteiger partial charge on any atom is 0.407 e. The number of halogens is 1. The van der Waals surface area contributed by atoms with Gasteiger partial charge in [-0.05, 0) is 54.2 Å². The van der Waals surface area contributed by atoms with Crippen LogP contribution in [0, 0.1) is 5.41 Å². The van der Waals surface area contributed by atoms with E-state index in [0.29, 0.717) is 63.5 Å². The molecule has 3 aromatic heterocycles. The van der Waals surface area contributed by atoms with E-state index >= 15 is 0 Å². The van der Waals surface area contributed by atoms with Crippen molar-refractivity contribution in [1.82, 2.24) is 24.8 Å². The number of pyridine rings is 1. The Morgan fingerprint density at radius 3 is 2.37 bits per heavy atom. The molecule has 1 aliphatic heterocycles. The van der Waals surface area contributed by atoms with Gasteiger partial charge in [0.05, 0.1) is 39.8 Å². The van der Waals surface area contributed by atoms with Gasteiger partial charge in [-0.15, -0.1) is 0 Å². The molecule has 6 rings (SSSR count). The number of ether oxygens (including phenoxy) is 1. The van der Waals surface area contributed by atoms with Crippen molar-refractivity contribution in [3.05, 3.63) is 82.9 Å². The minimum atomic E-state index is -2.36. The average molecular weight is 702 g/mol. The van der Waals surface area contributed by atoms with Crippen LogP contribution in [0.5, 0.6) is 11.5 Å². The van der Waals surface area contributed by atoms with Crippen molar-refractivity contribution in [2.24, 2.45) is 5.41 Å². The fourth-order valence-electron chi connectivity index (χ4n) is 6.56. The molecule has 12 heteroatoms. The lowest BCUT2D eigenvalue weighted by atomic mass is 9.74. The number of fused-ring (bicyclic) bond motifs is 3. The van der Waals surface area contributed by atoms with Crippen molar-refractivity contribution in [3.8, 4) is 11.5 Å². The van der Waals surface area contributed by atoms with Gasteiger partial charge >= 0.3 is 6.09 Å². The van der Waals surface area contributed by atoms with Gasteiger partial charge in [0.1, 0.15) is 28.5 Å². The summed E-state index contributed by atoms with van der Waals surface area (Å²) in [5.41, 5.74) is 2.14. The molecule has 1 aliphatic rings. The van der Waals surface area contributed by atoms with Gasteiger partial charge < -0.3 is 29.1 Å². The molecule has 10 nitrogen and oxygen atoms in total. The van der Waals surface area contributed by atoms with Gasteiger partial charge in [0, 0.05) is 30.3 Å². The summed E-state index contributed by atoms with van der Waals surface area (Å²) in [6.45, 7) is 17.5. The van der Waals surface area contributed by atoms with Crippen molar-refractivity contribution < 1.29 is 23.9 Å². The second-order valence-corrected chi connectivity index (χ2v) is 20.6. The van der Waals surface area contributed by atoms with E-state index in [2.05, 4.69) is 69.6 Å². The molecule has 3 N–H and O–H groups in total. The van der Waals surface area contributed by atoms with Crippen molar-refractivity contribution in [2.45, 2.75) is 84.2 Å². The number of rotatable bonds is 7. The molecule has 0 saturated carbocycles. The first kappa shape index (κ1) is 34.7. The van der Waals surface area contributed by atoms with Crippen LogP contribution >= 0.6 is 11.6 Å². The minimum absolute atomic E-state index is 0.0943. The monoisotopic (exact) mass is 701 g/mol. The quantitative estimate of drug-likeness (QED) is 0.114. The second-order valence-electron chi connectivity index (χ2n) is 15.5. The summed E-state index contributed by atoms with van der Waals surface area (Å²) in [6, 6.07) is 14.0. The molecule has 258 valence electrons. The zero-order chi connectivity index (χ0) is 35.5. The van der Waals surface area contributed by atoms with Crippen LogP contribution in [0.3, 0.4) is 0 Å². The molecule has 2 aromatic carbocycles. The van der Waals surface area contributed by atoms with Crippen LogP contribution < -0.4 is 4.74 Å². The number of hydrogen-bond donors (Lipinski definition) is 3. The second kappa shape index (κ2) is 12.6. The Morgan fingerprint density at radius 1 is 1.02 bits per heavy atom. The molecule has 0 radical (unpaired) electrons. The molecule has 0 aliphatic carbocycles. The third-order valence-corrected chi connectivity index (χ3v) is 14.8. The molecular formula is C37H44ClN5O5Si. The Bertz CT molecular complexity index is 2030. The first-order valence-corrected chi connectivity index (χ1v) is 19.8. The minimum Gasteiger partial charge on any atom is -0.465 e. The van der Waals surface area contributed by atoms with Crippen LogP contribution in [0.2, 0.25) is 23.2 Å². The Morgan fingerprint density at radius 2 is 1.73 bits per heavy atom. The number of H-pyrrole nitrogens is 2. The smallest absolute Gasteiger partial charge is 0.407 e. The van der Waals surface area contributed by atoms with Crippen LogP contribution in [0.1, 0.15) is 75.6 Å². The number of hydrogen-bond acceptors (Lipinski definition) is 6. The van der Waals surface area contributed by atoms with Gasteiger partial charge in [-0.3, -0.25) is 4.79 Å². The van der Waals surface area contributed by atoms with E-state index in [1.807, 2.05) is 30.3 Å². The van der Waals surface area contributed by atoms with E-state index in [1.165, 1.54) is 0 Å². The van der Waals surface area contributed by atoms with Gasteiger partial charge in [-0.25, -0.2) is 14.8 Å². The number of likely N-dealkylation sites (tertiary alicyclic amines) is 1. The summed E-state index contributed by atoms with van der Waals surface area (Å²) in [5.74, 6) is 1.38. The number of aromatic amines is 2. The molecule has 0 spiro atoms. The average Bonchev–Trinajstić information content (AvgIpc) is 3.64. The maximum absolute atomic E-state index is 14.0. The topological polar surface area (TPSA) is 133 Å². The Kier molecular flexibility index (Phi) is 8.92. The van der Waals surface area contributed by atoms with Crippen molar-refractivity contribution >= 4 is 53.9 Å². The molecule has 1 amide bonds. The summed E-state index contributed by atoms with van der Waals surface area (Å²) in [5, 5.41) is 11.1. The van der Waals surface area contributed by atoms with Crippen LogP contribution in [0.25, 0.3) is 22.1 Å². The number of nitrogens with zero attached hydrogens (tertiary/aromatic N) is 3. The van der Waals surface area contributed by atoms with Gasteiger partial charge in [0.2, 0.25) is 0 Å². The predicted molar refractivity (Wildman–Crippen MR) is 195 cm³/mol. The van der Waals surface area contributed by atoms with Crippen molar-refractivity contribution in [2.75, 3.05) is 6.54 Å². The lowest BCUT2D eigenvalue weighted by Gasteiger charge is -2.52. The number of imidazole rings is 1. The first-order valence-electron chi connectivity index (χ1n) is 16.6. The Balaban J connectivity index is 1.40. The highest BCUT2D eigenvalue weighted by Crippen LogP contribution is 2.46. The van der Waals surface area contributed by atoms with Crippen molar-refractivity contribution in [1.29, 1.82) is 0 Å². The largest absolute Gasteiger partial charge is 0.465 e. The number of para-hydroxylation sites is 1. The number of nitrogens with one attached hydrogen (secondary N) is 2. The lowest BCUT2D eigenvalue weighted by Crippen LogP contribution is -2.62. The molecule has 1 fully saturated rings. The number of piperidine rings is 1. The number of carbonyl (C=O) groups excluding carboxylic acids is 1. The highest BCUT2D eigenvalue weighted by molar-refractivity contribution is 6.74. The molecule has 1 saturated heterocycles. The van der Waals surface area contributed by atoms with Gasteiger partial charge in [0.25, 0.3) is 0 Å². The maximum atomic E-state index is 14.0. The van der Waals surface area contributed by atoms with Gasteiger partial charge in [-0.2, -0.15) is 0 Å². The van der Waals surface area contributed by atoms with E-state index in [0.717, 1.165) is 0 Å². The number of benzene rings is 2. The Hall–Kier alpha value is -4.19. The number of aromatic nitrogens is 4. The SMILES string of the molecule is CC(C)(C)C1C(O[Si](C)(C)C(C)(C)C)C(c2nc3cnc4[nH]cc(C(=O)c5ccc(Oc6ccccc6)cc5Cl)c4c3[nH]2)CCN1C(=O)O. The van der Waals surface area contributed by atoms with E-state index in [9.17, 15) is 14.7 Å². The van der Waals surface area contributed by atoms with E-state index in [1.54, 1.807) is 35.5 Å². The summed E-state index contributed by atoms with van der Waals surface area (Å²) in [4.78, 5) is 44.5. The number of amides is 1. The standard InChI is InChI=1S/C37H44ClN5O5Si/c1-36(2,3)32-31(48-49(7,8)37(4,5)6)24(16-17-43(32)35(45)46)33-41-27-20-40-34-28(29(27)42-33)25(19-39-34)30(44)23-15-14-22(18-26(23)38)47-21-12-10-9-11-13-21/h9-15,18-20,24,31-32H,16-17H2,1-8H3,(H,39,40)(H,41,42)(H,45,46). The van der Waals surface area contributed by atoms with Crippen LogP contribution in [-0.4, -0.2) is 68.8 Å². The molecule has 0 bridgehead atoms. The highest BCUT2D eigenvalue weighted by Gasteiger charge is 2.51. The van der Waals surface area contributed by atoms with Crippen LogP contribution in [0.4, 0.5) is 4.79 Å². The molecule has 3 unspecified atom stereocenters. The zero-order valence-electron chi connectivity index (χ0n) is 29.2. The molecule has 3 atom stereocenters. The van der Waals surface area contributed by atoms with Gasteiger partial charge in [-0.1, -0.05) is 71.3 Å². The fraction of sp³-hybridized carbons (Fsp3) is 0.405. The zero-order valence-corrected chi connectivity index (χ0v) is 31.0. The molecule has 4 heterocycles. The van der Waals surface area contributed by atoms with E-state index in [-0.39, 0.29) is 21.8 Å². The predicted octanol–water partition coefficient (Wildman–Crippen LogP) is 9.39. The van der Waals surface area contributed by atoms with Crippen molar-refractivity contribution in [3.63, 3.8) is 0 Å². The molecule has 5 aromatic rings. The molecule has 49 heavy (non-hydrogen) atoms. The summed E-state index contributed by atoms with van der Waals surface area (Å²) >= 11 is 6.66. The highest BCUT2D eigenvalue weighted by atomic mass is 35.5.